The third-order valence-electron chi connectivity index (χ3n) is 0.457. The molecule has 0 aliphatic rings. The Morgan fingerprint density at radius 3 is 3.00 bits per heavy atom. The van der Waals surface area contributed by atoms with E-state index in [1.807, 2.05) is 5.11 Å². The van der Waals surface area contributed by atoms with Gasteiger partial charge in [0, 0.05) is 0 Å². The van der Waals surface area contributed by atoms with Crippen LogP contribution in [0.5, 0.6) is 0 Å². The minimum Gasteiger partial charge on any atom is -0.613 e. The van der Waals surface area contributed by atoms with Gasteiger partial charge in [-0.3, -0.25) is 0 Å². The van der Waals surface area contributed by atoms with Gasteiger partial charge in [0.15, 0.2) is 0 Å². The van der Waals surface area contributed by atoms with Crippen molar-refractivity contribution in [3.63, 3.8) is 0 Å². The van der Waals surface area contributed by atoms with Crippen LogP contribution in [0.3, 0.4) is 0 Å². The van der Waals surface area contributed by atoms with Gasteiger partial charge in [-0.2, -0.15) is 0 Å². The van der Waals surface area contributed by atoms with Crippen molar-refractivity contribution in [3.05, 3.63) is 11.9 Å². The van der Waals surface area contributed by atoms with Crippen molar-refractivity contribution in [2.24, 2.45) is 0 Å². The highest BCUT2D eigenvalue weighted by Gasteiger charge is 1.93. The highest BCUT2D eigenvalue weighted by molar-refractivity contribution is 7.08. The van der Waals surface area contributed by atoms with Gasteiger partial charge in [-0.25, -0.2) is 0 Å². The Kier molecular flexibility index (Phi) is 1.08. The summed E-state index contributed by atoms with van der Waals surface area (Å²) >= 11 is 1.10. The maximum Gasteiger partial charge on any atom is 0.384 e. The lowest BCUT2D eigenvalue weighted by Crippen LogP contribution is -2.54. The lowest BCUT2D eigenvalue weighted by molar-refractivity contribution is -0.379. The largest absolute Gasteiger partial charge is 0.613 e. The van der Waals surface area contributed by atoms with Crippen LogP contribution in [0.2, 0.25) is 0 Å². The average molecular weight is 114 g/mol. The molecule has 0 saturated carbocycles. The van der Waals surface area contributed by atoms with E-state index in [-0.39, 0.29) is 0 Å². The molecule has 0 atom stereocenters. The Labute approximate surface area is 43.9 Å². The third-order valence-corrected chi connectivity index (χ3v) is 1.03. The molecule has 1 aromatic heterocycles. The summed E-state index contributed by atoms with van der Waals surface area (Å²) < 4.78 is 3.60. The first-order valence-corrected chi connectivity index (χ1v) is 2.37. The van der Waals surface area contributed by atoms with Gasteiger partial charge in [0.2, 0.25) is 6.33 Å². The summed E-state index contributed by atoms with van der Waals surface area (Å²) in [5.74, 6) is 0. The Morgan fingerprint density at radius 1 is 1.86 bits per heavy atom. The van der Waals surface area contributed by atoms with Gasteiger partial charge < -0.3 is 10.6 Å². The van der Waals surface area contributed by atoms with E-state index in [2.05, 4.69) is 9.36 Å². The second-order valence-corrected chi connectivity index (χ2v) is 1.64. The molecular formula is C2H2N4S. The predicted molar refractivity (Wildman–Crippen MR) is 23.9 cm³/mol. The normalized spacial score (nSPS) is 8.57. The average Bonchev–Trinajstić information content (AvgIpc) is 2.14. The molecule has 0 aromatic carbocycles. The van der Waals surface area contributed by atoms with Crippen molar-refractivity contribution >= 4 is 16.7 Å². The minimum absolute atomic E-state index is 0.417. The maximum atomic E-state index is 8.08. The molecule has 0 spiro atoms. The quantitative estimate of drug-likeness (QED) is 0.489. The molecule has 4 nitrogen and oxygen atoms in total. The van der Waals surface area contributed by atoms with Crippen LogP contribution in [0, 0.1) is 0 Å². The smallest absolute Gasteiger partial charge is 0.384 e. The first kappa shape index (κ1) is 4.32. The molecule has 0 aliphatic carbocycles. The van der Waals surface area contributed by atoms with E-state index in [0.29, 0.717) is 5.13 Å². The van der Waals surface area contributed by atoms with Gasteiger partial charge in [-0.15, -0.1) is 4.37 Å². The van der Waals surface area contributed by atoms with Crippen molar-refractivity contribution in [1.82, 2.24) is 9.36 Å². The highest BCUT2D eigenvalue weighted by atomic mass is 32.1. The predicted octanol–water partition coefficient (Wildman–Crippen LogP) is -0.728. The summed E-state index contributed by atoms with van der Waals surface area (Å²) in [6.45, 7) is 0. The SMILES string of the molecule is [N-]=[NH+]c1ncns1. The van der Waals surface area contributed by atoms with Gasteiger partial charge in [0.25, 0.3) is 0 Å². The molecule has 0 unspecified atom stereocenters. The third kappa shape index (κ3) is 0.774. The summed E-state index contributed by atoms with van der Waals surface area (Å²) in [6.07, 6.45) is 1.36. The topological polar surface area (TPSA) is 62.1 Å². The van der Waals surface area contributed by atoms with Gasteiger partial charge in [-0.05, 0) is 4.98 Å². The van der Waals surface area contributed by atoms with Crippen molar-refractivity contribution in [2.45, 2.75) is 0 Å². The molecule has 0 amide bonds. The van der Waals surface area contributed by atoms with Crippen LogP contribution in [0.15, 0.2) is 6.33 Å². The molecule has 0 saturated heterocycles. The van der Waals surface area contributed by atoms with E-state index in [9.17, 15) is 0 Å². The number of aromatic nitrogens is 2. The molecule has 0 fully saturated rings. The molecule has 1 N–H and O–H groups in total. The van der Waals surface area contributed by atoms with E-state index in [1.54, 1.807) is 0 Å². The fourth-order valence-corrected chi connectivity index (χ4v) is 0.552. The first-order valence-electron chi connectivity index (χ1n) is 1.60. The van der Waals surface area contributed by atoms with Crippen LogP contribution >= 0.6 is 11.5 Å². The van der Waals surface area contributed by atoms with Crippen LogP contribution in [-0.2, 0) is 0 Å². The molecule has 1 heterocycles. The van der Waals surface area contributed by atoms with Crippen molar-refractivity contribution in [3.8, 4) is 0 Å². The highest BCUT2D eigenvalue weighted by Crippen LogP contribution is 1.94. The summed E-state index contributed by atoms with van der Waals surface area (Å²) in [7, 11) is 0. The molecule has 0 aliphatic heterocycles. The molecular weight excluding hydrogens is 112 g/mol. The maximum absolute atomic E-state index is 8.08. The zero-order valence-electron chi connectivity index (χ0n) is 3.33. The fourth-order valence-electron chi connectivity index (χ4n) is 0.222. The van der Waals surface area contributed by atoms with E-state index in [1.165, 1.54) is 6.33 Å². The summed E-state index contributed by atoms with van der Waals surface area (Å²) in [6, 6.07) is 0. The Morgan fingerprint density at radius 2 is 2.71 bits per heavy atom. The van der Waals surface area contributed by atoms with E-state index in [0.717, 1.165) is 11.5 Å². The Bertz CT molecular complexity index is 145. The second kappa shape index (κ2) is 1.74. The number of rotatable bonds is 1. The van der Waals surface area contributed by atoms with Gasteiger partial charge in [0.05, 0.1) is 11.5 Å². The zero-order valence-corrected chi connectivity index (χ0v) is 4.14. The van der Waals surface area contributed by atoms with Crippen LogP contribution in [0.1, 0.15) is 0 Å². The minimum atomic E-state index is 0.417. The van der Waals surface area contributed by atoms with Crippen LogP contribution in [0.4, 0.5) is 5.13 Å². The molecule has 0 bridgehead atoms. The van der Waals surface area contributed by atoms with Gasteiger partial charge >= 0.3 is 5.13 Å². The summed E-state index contributed by atoms with van der Waals surface area (Å²) in [5, 5.41) is 2.27. The summed E-state index contributed by atoms with van der Waals surface area (Å²) in [4.78, 5) is 3.58. The lowest BCUT2D eigenvalue weighted by Gasteiger charge is -1.68. The lowest BCUT2D eigenvalue weighted by atomic mass is 11.2. The number of nitrogens with one attached hydrogen (secondary N) is 1. The molecule has 5 heteroatoms. The number of hydrogen-bond donors (Lipinski definition) is 1. The van der Waals surface area contributed by atoms with Crippen LogP contribution in [-0.4, -0.2) is 9.36 Å². The standard InChI is InChI=1S/C2H2N4S/c3-6-2-4-1-5-7-2/h1,6H. The van der Waals surface area contributed by atoms with Crippen LogP contribution in [0.25, 0.3) is 5.53 Å². The van der Waals surface area contributed by atoms with Gasteiger partial charge in [-0.1, -0.05) is 0 Å². The Balaban J connectivity index is 2.96. The summed E-state index contributed by atoms with van der Waals surface area (Å²) in [5.41, 5.74) is 8.08. The van der Waals surface area contributed by atoms with Crippen LogP contribution < -0.4 is 5.11 Å². The fraction of sp³-hybridized carbons (Fsp3) is 0. The zero-order chi connectivity index (χ0) is 5.11. The molecule has 7 heavy (non-hydrogen) atoms. The molecule has 1 aromatic rings. The Hall–Kier alpha value is -0.840. The molecule has 0 radical (unpaired) electrons. The van der Waals surface area contributed by atoms with Gasteiger partial charge in [0.1, 0.15) is 0 Å². The number of nitrogens with zero attached hydrogens (tertiary/aromatic N) is 3. The van der Waals surface area contributed by atoms with Crippen molar-refractivity contribution < 1.29 is 5.11 Å². The second-order valence-electron chi connectivity index (χ2n) is 0.858. The van der Waals surface area contributed by atoms with E-state index in [4.69, 9.17) is 5.53 Å². The van der Waals surface area contributed by atoms with E-state index < -0.39 is 0 Å². The van der Waals surface area contributed by atoms with E-state index >= 15 is 0 Å². The van der Waals surface area contributed by atoms with Crippen molar-refractivity contribution in [2.75, 3.05) is 0 Å². The molecule has 1 rings (SSSR count). The van der Waals surface area contributed by atoms with Crippen molar-refractivity contribution in [1.29, 1.82) is 0 Å². The first-order chi connectivity index (χ1) is 3.43. The monoisotopic (exact) mass is 114 g/mol. The number of hydrogen-bond acceptors (Lipinski definition) is 3. The molecule has 36 valence electrons.